The first-order valence-corrected chi connectivity index (χ1v) is 6.11. The van der Waals surface area contributed by atoms with Crippen molar-refractivity contribution in [3.05, 3.63) is 0 Å². The molecule has 5 nitrogen and oxygen atoms in total. The summed E-state index contributed by atoms with van der Waals surface area (Å²) >= 11 is 0. The zero-order valence-electron chi connectivity index (χ0n) is 10.7. The van der Waals surface area contributed by atoms with Crippen LogP contribution >= 0.6 is 0 Å². The van der Waals surface area contributed by atoms with E-state index in [1.807, 2.05) is 6.92 Å². The average Bonchev–Trinajstić information content (AvgIpc) is 2.29. The highest BCUT2D eigenvalue weighted by Crippen LogP contribution is 2.15. The highest BCUT2D eigenvalue weighted by molar-refractivity contribution is 6.04. The first kappa shape index (κ1) is 13.7. The van der Waals surface area contributed by atoms with E-state index in [1.165, 1.54) is 4.90 Å². The molecule has 2 atom stereocenters. The molecule has 1 heterocycles. The lowest BCUT2D eigenvalue weighted by atomic mass is 10.0. The van der Waals surface area contributed by atoms with Gasteiger partial charge in [0.05, 0.1) is 0 Å². The normalized spacial score (nSPS) is 22.3. The zero-order chi connectivity index (χ0) is 13.0. The Kier molecular flexibility index (Phi) is 4.66. The molecule has 3 amide bonds. The summed E-state index contributed by atoms with van der Waals surface area (Å²) in [7, 11) is 0. The molecule has 0 bridgehead atoms. The summed E-state index contributed by atoms with van der Waals surface area (Å²) in [6.07, 6.45) is 2.82. The number of hydrogen-bond donors (Lipinski definition) is 1. The number of carbonyl (C=O) groups is 3. The summed E-state index contributed by atoms with van der Waals surface area (Å²) in [4.78, 5) is 36.2. The second kappa shape index (κ2) is 5.80. The number of unbranched alkanes of at least 4 members (excludes halogenated alkanes) is 1. The summed E-state index contributed by atoms with van der Waals surface area (Å²) in [5.74, 6) is -1.02. The molecular weight excluding hydrogens is 220 g/mol. The van der Waals surface area contributed by atoms with E-state index in [9.17, 15) is 14.4 Å². The van der Waals surface area contributed by atoms with Gasteiger partial charge in [-0.25, -0.2) is 0 Å². The first-order valence-electron chi connectivity index (χ1n) is 6.11. The van der Waals surface area contributed by atoms with Crippen LogP contribution in [0.5, 0.6) is 0 Å². The predicted molar refractivity (Wildman–Crippen MR) is 63.0 cm³/mol. The third-order valence-corrected chi connectivity index (χ3v) is 3.12. The van der Waals surface area contributed by atoms with Crippen molar-refractivity contribution in [2.24, 2.45) is 5.92 Å². The van der Waals surface area contributed by atoms with Gasteiger partial charge >= 0.3 is 0 Å². The van der Waals surface area contributed by atoms with Gasteiger partial charge in [0.25, 0.3) is 0 Å². The lowest BCUT2D eigenvalue weighted by molar-refractivity contribution is -0.151. The average molecular weight is 240 g/mol. The smallest absolute Gasteiger partial charge is 0.249 e. The summed E-state index contributed by atoms with van der Waals surface area (Å²) in [5, 5.41) is 2.22. The summed E-state index contributed by atoms with van der Waals surface area (Å²) in [6.45, 7) is 5.55. The molecule has 0 radical (unpaired) electrons. The molecule has 1 aliphatic rings. The van der Waals surface area contributed by atoms with Crippen molar-refractivity contribution in [2.75, 3.05) is 6.54 Å². The van der Waals surface area contributed by atoms with E-state index in [1.54, 1.807) is 6.92 Å². The number of carbonyl (C=O) groups excluding carboxylic acids is 3. The van der Waals surface area contributed by atoms with Crippen molar-refractivity contribution in [2.45, 2.75) is 46.1 Å². The largest absolute Gasteiger partial charge is 0.321 e. The van der Waals surface area contributed by atoms with Gasteiger partial charge in [0.1, 0.15) is 12.6 Å². The molecule has 1 N–H and O–H groups in total. The Morgan fingerprint density at radius 3 is 2.76 bits per heavy atom. The second-order valence-electron chi connectivity index (χ2n) is 4.60. The predicted octanol–water partition coefficient (Wildman–Crippen LogP) is 0.686. The van der Waals surface area contributed by atoms with Crippen LogP contribution in [0.1, 0.15) is 40.0 Å². The number of nitrogens with one attached hydrogen (secondary N) is 1. The fourth-order valence-electron chi connectivity index (χ4n) is 1.90. The first-order chi connectivity index (χ1) is 7.97. The number of amides is 3. The zero-order valence-corrected chi connectivity index (χ0v) is 10.7. The molecule has 0 saturated carbocycles. The van der Waals surface area contributed by atoms with Crippen LogP contribution in [-0.4, -0.2) is 35.2 Å². The van der Waals surface area contributed by atoms with Crippen LogP contribution < -0.4 is 5.32 Å². The molecule has 1 rings (SSSR count). The van der Waals surface area contributed by atoms with E-state index in [2.05, 4.69) is 12.2 Å². The van der Waals surface area contributed by atoms with Gasteiger partial charge in [0.2, 0.25) is 17.7 Å². The Morgan fingerprint density at radius 1 is 1.53 bits per heavy atom. The summed E-state index contributed by atoms with van der Waals surface area (Å²) in [5.41, 5.74) is 0. The molecule has 1 aliphatic heterocycles. The van der Waals surface area contributed by atoms with E-state index >= 15 is 0 Å². The minimum absolute atomic E-state index is 0.0117. The molecule has 0 aliphatic carbocycles. The van der Waals surface area contributed by atoms with Crippen molar-refractivity contribution in [3.8, 4) is 0 Å². The summed E-state index contributed by atoms with van der Waals surface area (Å²) in [6, 6.07) is -0.552. The maximum atomic E-state index is 12.1. The topological polar surface area (TPSA) is 66.5 Å². The SMILES string of the molecule is CCCCC(C)C(=O)N1CC(=O)NC(=O)C1C. The molecule has 17 heavy (non-hydrogen) atoms. The highest BCUT2D eigenvalue weighted by Gasteiger charge is 2.34. The van der Waals surface area contributed by atoms with Crippen molar-refractivity contribution >= 4 is 17.7 Å². The van der Waals surface area contributed by atoms with Crippen LogP contribution in [0.2, 0.25) is 0 Å². The minimum Gasteiger partial charge on any atom is -0.321 e. The Morgan fingerprint density at radius 2 is 2.18 bits per heavy atom. The van der Waals surface area contributed by atoms with Crippen LogP contribution in [0.15, 0.2) is 0 Å². The van der Waals surface area contributed by atoms with Crippen molar-refractivity contribution < 1.29 is 14.4 Å². The number of hydrogen-bond acceptors (Lipinski definition) is 3. The third-order valence-electron chi connectivity index (χ3n) is 3.12. The molecule has 1 fully saturated rings. The third kappa shape index (κ3) is 3.28. The van der Waals surface area contributed by atoms with E-state index in [0.717, 1.165) is 19.3 Å². The maximum Gasteiger partial charge on any atom is 0.249 e. The second-order valence-corrected chi connectivity index (χ2v) is 4.60. The van der Waals surface area contributed by atoms with Crippen molar-refractivity contribution in [1.29, 1.82) is 0 Å². The van der Waals surface area contributed by atoms with Crippen LogP contribution in [-0.2, 0) is 14.4 Å². The molecule has 5 heteroatoms. The number of rotatable bonds is 4. The van der Waals surface area contributed by atoms with Crippen LogP contribution in [0.25, 0.3) is 0 Å². The van der Waals surface area contributed by atoms with Crippen molar-refractivity contribution in [3.63, 3.8) is 0 Å². The highest BCUT2D eigenvalue weighted by atomic mass is 16.2. The molecule has 0 aromatic rings. The van der Waals surface area contributed by atoms with Gasteiger partial charge in [0.15, 0.2) is 0 Å². The van der Waals surface area contributed by atoms with E-state index in [0.29, 0.717) is 0 Å². The van der Waals surface area contributed by atoms with Gasteiger partial charge in [-0.1, -0.05) is 26.7 Å². The summed E-state index contributed by atoms with van der Waals surface area (Å²) < 4.78 is 0. The number of nitrogens with zero attached hydrogens (tertiary/aromatic N) is 1. The molecular formula is C12H20N2O3. The lowest BCUT2D eigenvalue weighted by Crippen LogP contribution is -2.59. The standard InChI is InChI=1S/C12H20N2O3/c1-4-5-6-8(2)12(17)14-7-10(15)13-11(16)9(14)3/h8-9H,4-7H2,1-3H3,(H,13,15,16). The maximum absolute atomic E-state index is 12.1. The van der Waals surface area contributed by atoms with Gasteiger partial charge < -0.3 is 4.90 Å². The quantitative estimate of drug-likeness (QED) is 0.735. The molecule has 96 valence electrons. The Bertz CT molecular complexity index is 328. The van der Waals surface area contributed by atoms with Gasteiger partial charge in [-0.15, -0.1) is 0 Å². The monoisotopic (exact) mass is 240 g/mol. The van der Waals surface area contributed by atoms with Crippen LogP contribution in [0.3, 0.4) is 0 Å². The Labute approximate surface area is 102 Å². The van der Waals surface area contributed by atoms with E-state index < -0.39 is 17.9 Å². The lowest BCUT2D eigenvalue weighted by Gasteiger charge is -2.33. The molecule has 0 spiro atoms. The molecule has 0 aromatic heterocycles. The van der Waals surface area contributed by atoms with Crippen molar-refractivity contribution in [1.82, 2.24) is 10.2 Å². The fraction of sp³-hybridized carbons (Fsp3) is 0.750. The molecule has 2 unspecified atom stereocenters. The Hall–Kier alpha value is -1.39. The van der Waals surface area contributed by atoms with Gasteiger partial charge in [-0.3, -0.25) is 19.7 Å². The number of piperazine rings is 1. The van der Waals surface area contributed by atoms with Gasteiger partial charge in [-0.2, -0.15) is 0 Å². The van der Waals surface area contributed by atoms with E-state index in [-0.39, 0.29) is 18.4 Å². The molecule has 0 aromatic carbocycles. The van der Waals surface area contributed by atoms with Gasteiger partial charge in [0, 0.05) is 5.92 Å². The Balaban J connectivity index is 2.66. The van der Waals surface area contributed by atoms with E-state index in [4.69, 9.17) is 0 Å². The van der Waals surface area contributed by atoms with Crippen LogP contribution in [0.4, 0.5) is 0 Å². The van der Waals surface area contributed by atoms with Gasteiger partial charge in [-0.05, 0) is 13.3 Å². The van der Waals surface area contributed by atoms with Crippen LogP contribution in [0, 0.1) is 5.92 Å². The number of imide groups is 1. The fourth-order valence-corrected chi connectivity index (χ4v) is 1.90. The minimum atomic E-state index is -0.552. The molecule has 1 saturated heterocycles.